The Morgan fingerprint density at radius 3 is 2.31 bits per heavy atom. The quantitative estimate of drug-likeness (QED) is 0.495. The smallest absolute Gasteiger partial charge is 0.0223 e. The summed E-state index contributed by atoms with van der Waals surface area (Å²) in [5, 5.41) is 0. The monoisotopic (exact) mass is 195 g/mol. The number of aryl methyl sites for hydroxylation is 1. The summed E-state index contributed by atoms with van der Waals surface area (Å²) in [6, 6.07) is 8.44. The first-order chi connectivity index (χ1) is 6.33. The SMILES string of the molecule is [CH2]c1ccc(CCCCCCl)cc1. The van der Waals surface area contributed by atoms with Crippen molar-refractivity contribution >= 4 is 11.6 Å². The minimum absolute atomic E-state index is 0.790. The Morgan fingerprint density at radius 2 is 1.69 bits per heavy atom. The van der Waals surface area contributed by atoms with E-state index in [0.29, 0.717) is 0 Å². The Morgan fingerprint density at radius 1 is 1.00 bits per heavy atom. The minimum Gasteiger partial charge on any atom is -0.127 e. The third kappa shape index (κ3) is 4.33. The van der Waals surface area contributed by atoms with Crippen LogP contribution in [0.4, 0.5) is 0 Å². The van der Waals surface area contributed by atoms with Gasteiger partial charge in [-0.3, -0.25) is 0 Å². The molecular formula is C12H16Cl. The molecule has 0 heterocycles. The van der Waals surface area contributed by atoms with E-state index in [1.807, 2.05) is 0 Å². The molecule has 0 bridgehead atoms. The Labute approximate surface area is 85.9 Å². The number of halogens is 1. The number of alkyl halides is 1. The molecule has 0 amide bonds. The third-order valence-corrected chi connectivity index (χ3v) is 2.39. The van der Waals surface area contributed by atoms with Crippen molar-refractivity contribution in [2.75, 3.05) is 5.88 Å². The lowest BCUT2D eigenvalue weighted by atomic mass is 10.1. The van der Waals surface area contributed by atoms with Crippen LogP contribution in [0.2, 0.25) is 0 Å². The van der Waals surface area contributed by atoms with Crippen molar-refractivity contribution < 1.29 is 0 Å². The Kier molecular flexibility index (Phi) is 4.92. The second-order valence-electron chi connectivity index (χ2n) is 3.32. The van der Waals surface area contributed by atoms with E-state index in [2.05, 4.69) is 31.2 Å². The lowest BCUT2D eigenvalue weighted by molar-refractivity contribution is 0.720. The zero-order valence-electron chi connectivity index (χ0n) is 7.93. The first kappa shape index (κ1) is 10.6. The van der Waals surface area contributed by atoms with Gasteiger partial charge in [0.25, 0.3) is 0 Å². The van der Waals surface area contributed by atoms with Crippen molar-refractivity contribution in [3.63, 3.8) is 0 Å². The van der Waals surface area contributed by atoms with Gasteiger partial charge < -0.3 is 0 Å². The Balaban J connectivity index is 2.25. The van der Waals surface area contributed by atoms with Gasteiger partial charge in [0.1, 0.15) is 0 Å². The summed E-state index contributed by atoms with van der Waals surface area (Å²) in [5.74, 6) is 0.790. The third-order valence-electron chi connectivity index (χ3n) is 2.12. The minimum atomic E-state index is 0.790. The average Bonchev–Trinajstić information content (AvgIpc) is 2.15. The molecule has 0 spiro atoms. The summed E-state index contributed by atoms with van der Waals surface area (Å²) >= 11 is 5.60. The van der Waals surface area contributed by atoms with Crippen LogP contribution < -0.4 is 0 Å². The van der Waals surface area contributed by atoms with Crippen LogP contribution in [0, 0.1) is 6.92 Å². The lowest BCUT2D eigenvalue weighted by Gasteiger charge is -2.00. The van der Waals surface area contributed by atoms with Gasteiger partial charge >= 0.3 is 0 Å². The molecule has 0 saturated heterocycles. The largest absolute Gasteiger partial charge is 0.127 e. The van der Waals surface area contributed by atoms with Gasteiger partial charge in [-0.15, -0.1) is 11.6 Å². The highest BCUT2D eigenvalue weighted by atomic mass is 35.5. The van der Waals surface area contributed by atoms with Crippen molar-refractivity contribution in [3.8, 4) is 0 Å². The van der Waals surface area contributed by atoms with Gasteiger partial charge in [-0.05, 0) is 37.3 Å². The van der Waals surface area contributed by atoms with Gasteiger partial charge in [0, 0.05) is 5.88 Å². The van der Waals surface area contributed by atoms with E-state index in [-0.39, 0.29) is 0 Å². The molecule has 1 rings (SSSR count). The lowest BCUT2D eigenvalue weighted by Crippen LogP contribution is -1.86. The Hall–Kier alpha value is -0.490. The van der Waals surface area contributed by atoms with Crippen LogP contribution in [0.25, 0.3) is 0 Å². The molecule has 0 N–H and O–H groups in total. The average molecular weight is 196 g/mol. The standard InChI is InChI=1S/C12H16Cl/c1-11-6-8-12(9-7-11)5-3-2-4-10-13/h6-9H,1-5,10H2. The molecule has 0 aliphatic carbocycles. The first-order valence-electron chi connectivity index (χ1n) is 4.80. The number of hydrogen-bond acceptors (Lipinski definition) is 0. The fourth-order valence-electron chi connectivity index (χ4n) is 1.31. The van der Waals surface area contributed by atoms with E-state index < -0.39 is 0 Å². The fourth-order valence-corrected chi connectivity index (χ4v) is 1.50. The molecule has 1 heteroatoms. The molecule has 0 fully saturated rings. The zero-order valence-corrected chi connectivity index (χ0v) is 8.69. The number of hydrogen-bond donors (Lipinski definition) is 0. The summed E-state index contributed by atoms with van der Waals surface area (Å²) in [5.41, 5.74) is 2.49. The number of benzene rings is 1. The summed E-state index contributed by atoms with van der Waals surface area (Å²) in [6.45, 7) is 3.85. The maximum absolute atomic E-state index is 5.60. The van der Waals surface area contributed by atoms with Crippen molar-refractivity contribution in [1.29, 1.82) is 0 Å². The van der Waals surface area contributed by atoms with Gasteiger partial charge in [-0.1, -0.05) is 30.7 Å². The second-order valence-corrected chi connectivity index (χ2v) is 3.69. The molecule has 0 unspecified atom stereocenters. The van der Waals surface area contributed by atoms with Crippen LogP contribution in [0.3, 0.4) is 0 Å². The van der Waals surface area contributed by atoms with Gasteiger partial charge in [0.2, 0.25) is 0 Å². The first-order valence-corrected chi connectivity index (χ1v) is 5.33. The topological polar surface area (TPSA) is 0 Å². The summed E-state index contributed by atoms with van der Waals surface area (Å²) in [4.78, 5) is 0. The fraction of sp³-hybridized carbons (Fsp3) is 0.417. The van der Waals surface area contributed by atoms with E-state index in [4.69, 9.17) is 11.6 Å². The molecule has 71 valence electrons. The number of unbranched alkanes of at least 4 members (excludes halogenated alkanes) is 2. The molecule has 0 aromatic heterocycles. The molecule has 13 heavy (non-hydrogen) atoms. The van der Waals surface area contributed by atoms with E-state index in [1.165, 1.54) is 18.4 Å². The highest BCUT2D eigenvalue weighted by molar-refractivity contribution is 6.17. The van der Waals surface area contributed by atoms with Crippen LogP contribution >= 0.6 is 11.6 Å². The zero-order chi connectivity index (χ0) is 9.52. The maximum Gasteiger partial charge on any atom is 0.0223 e. The van der Waals surface area contributed by atoms with Crippen LogP contribution in [-0.2, 0) is 6.42 Å². The van der Waals surface area contributed by atoms with Crippen LogP contribution in [0.5, 0.6) is 0 Å². The second kappa shape index (κ2) is 6.04. The van der Waals surface area contributed by atoms with E-state index in [1.54, 1.807) is 0 Å². The van der Waals surface area contributed by atoms with Crippen molar-refractivity contribution in [3.05, 3.63) is 42.3 Å². The molecule has 1 aromatic carbocycles. The molecule has 0 atom stereocenters. The predicted octanol–water partition coefficient (Wildman–Crippen LogP) is 3.82. The maximum atomic E-state index is 5.60. The highest BCUT2D eigenvalue weighted by Crippen LogP contribution is 2.08. The summed E-state index contributed by atoms with van der Waals surface area (Å²) < 4.78 is 0. The molecule has 0 nitrogen and oxygen atoms in total. The van der Waals surface area contributed by atoms with E-state index in [0.717, 1.165) is 24.3 Å². The van der Waals surface area contributed by atoms with Crippen LogP contribution in [0.15, 0.2) is 24.3 Å². The van der Waals surface area contributed by atoms with Crippen molar-refractivity contribution in [2.24, 2.45) is 0 Å². The van der Waals surface area contributed by atoms with Gasteiger partial charge in [-0.25, -0.2) is 0 Å². The molecule has 1 radical (unpaired) electrons. The van der Waals surface area contributed by atoms with Gasteiger partial charge in [0.15, 0.2) is 0 Å². The molecule has 1 aromatic rings. The number of rotatable bonds is 5. The summed E-state index contributed by atoms with van der Waals surface area (Å²) in [6.07, 6.45) is 4.77. The van der Waals surface area contributed by atoms with Crippen LogP contribution in [-0.4, -0.2) is 5.88 Å². The van der Waals surface area contributed by atoms with Crippen LogP contribution in [0.1, 0.15) is 30.4 Å². The predicted molar refractivity (Wildman–Crippen MR) is 59.2 cm³/mol. The van der Waals surface area contributed by atoms with Crippen molar-refractivity contribution in [2.45, 2.75) is 25.7 Å². The van der Waals surface area contributed by atoms with E-state index in [9.17, 15) is 0 Å². The molecular weight excluding hydrogens is 180 g/mol. The molecule has 0 saturated carbocycles. The normalized spacial score (nSPS) is 10.3. The Bertz CT molecular complexity index is 225. The van der Waals surface area contributed by atoms with Gasteiger partial charge in [0.05, 0.1) is 0 Å². The van der Waals surface area contributed by atoms with E-state index >= 15 is 0 Å². The van der Waals surface area contributed by atoms with Gasteiger partial charge in [-0.2, -0.15) is 0 Å². The van der Waals surface area contributed by atoms with Crippen molar-refractivity contribution in [1.82, 2.24) is 0 Å². The molecule has 0 aliphatic rings. The molecule has 0 aliphatic heterocycles. The highest BCUT2D eigenvalue weighted by Gasteiger charge is 1.92. The summed E-state index contributed by atoms with van der Waals surface area (Å²) in [7, 11) is 0.